The fraction of sp³-hybridized carbons (Fsp3) is 0.222. The van der Waals surface area contributed by atoms with Gasteiger partial charge in [0.1, 0.15) is 5.82 Å². The van der Waals surface area contributed by atoms with Crippen LogP contribution in [0.4, 0.5) is 5.82 Å². The SMILES string of the molecule is Nc1cc(C=CCCO)ccn1. The average Bonchev–Trinajstić information content (AvgIpc) is 2.05. The van der Waals surface area contributed by atoms with Gasteiger partial charge in [-0.05, 0) is 24.1 Å². The zero-order valence-corrected chi connectivity index (χ0v) is 6.77. The molecule has 3 N–H and O–H groups in total. The molecule has 0 saturated heterocycles. The summed E-state index contributed by atoms with van der Waals surface area (Å²) in [6, 6.07) is 3.65. The van der Waals surface area contributed by atoms with Crippen LogP contribution in [0.3, 0.4) is 0 Å². The third kappa shape index (κ3) is 2.72. The van der Waals surface area contributed by atoms with Gasteiger partial charge in [-0.3, -0.25) is 0 Å². The van der Waals surface area contributed by atoms with Gasteiger partial charge in [0.05, 0.1) is 0 Å². The lowest BCUT2D eigenvalue weighted by molar-refractivity contribution is 0.303. The average molecular weight is 164 g/mol. The van der Waals surface area contributed by atoms with Crippen molar-refractivity contribution in [3.63, 3.8) is 0 Å². The molecule has 3 heteroatoms. The van der Waals surface area contributed by atoms with Crippen molar-refractivity contribution in [3.05, 3.63) is 30.0 Å². The van der Waals surface area contributed by atoms with Crippen LogP contribution in [0.2, 0.25) is 0 Å². The second-order valence-electron chi connectivity index (χ2n) is 2.43. The molecule has 0 saturated carbocycles. The van der Waals surface area contributed by atoms with Crippen LogP contribution in [-0.2, 0) is 0 Å². The number of aliphatic hydroxyl groups excluding tert-OH is 1. The predicted molar refractivity (Wildman–Crippen MR) is 49.4 cm³/mol. The van der Waals surface area contributed by atoms with Crippen LogP contribution in [-0.4, -0.2) is 16.7 Å². The van der Waals surface area contributed by atoms with E-state index in [-0.39, 0.29) is 6.61 Å². The summed E-state index contributed by atoms with van der Waals surface area (Å²) in [5.41, 5.74) is 6.48. The lowest BCUT2D eigenvalue weighted by Gasteiger charge is -1.93. The first-order chi connectivity index (χ1) is 5.83. The van der Waals surface area contributed by atoms with Crippen LogP contribution in [0.1, 0.15) is 12.0 Å². The van der Waals surface area contributed by atoms with E-state index in [0.29, 0.717) is 12.2 Å². The van der Waals surface area contributed by atoms with Gasteiger partial charge in [-0.1, -0.05) is 12.2 Å². The molecule has 0 aliphatic rings. The Morgan fingerprint density at radius 1 is 1.58 bits per heavy atom. The lowest BCUT2D eigenvalue weighted by atomic mass is 10.2. The molecule has 1 aromatic rings. The van der Waals surface area contributed by atoms with E-state index in [2.05, 4.69) is 4.98 Å². The molecule has 0 unspecified atom stereocenters. The Hall–Kier alpha value is -1.35. The van der Waals surface area contributed by atoms with Gasteiger partial charge >= 0.3 is 0 Å². The predicted octanol–water partition coefficient (Wildman–Crippen LogP) is 1.06. The standard InChI is InChI=1S/C9H12N2O/c10-9-7-8(4-5-11-9)3-1-2-6-12/h1,3-5,7,12H,2,6H2,(H2,10,11). The molecule has 1 rings (SSSR count). The molecule has 0 aliphatic carbocycles. The number of aliphatic hydroxyl groups is 1. The first-order valence-electron chi connectivity index (χ1n) is 3.82. The van der Waals surface area contributed by atoms with Crippen LogP contribution in [0.15, 0.2) is 24.4 Å². The second-order valence-corrected chi connectivity index (χ2v) is 2.43. The Morgan fingerprint density at radius 2 is 2.42 bits per heavy atom. The van der Waals surface area contributed by atoms with Crippen molar-refractivity contribution in [2.24, 2.45) is 0 Å². The van der Waals surface area contributed by atoms with Gasteiger partial charge in [0, 0.05) is 12.8 Å². The summed E-state index contributed by atoms with van der Waals surface area (Å²) in [4.78, 5) is 3.86. The summed E-state index contributed by atoms with van der Waals surface area (Å²) in [5.74, 6) is 0.515. The maximum atomic E-state index is 8.51. The first kappa shape index (κ1) is 8.74. The molecule has 0 amide bonds. The molecule has 0 atom stereocenters. The number of hydrogen-bond acceptors (Lipinski definition) is 3. The summed E-state index contributed by atoms with van der Waals surface area (Å²) in [5, 5.41) is 8.51. The van der Waals surface area contributed by atoms with Gasteiger partial charge in [0.15, 0.2) is 0 Å². The number of nitrogen functional groups attached to an aromatic ring is 1. The summed E-state index contributed by atoms with van der Waals surface area (Å²) in [6.45, 7) is 0.178. The number of pyridine rings is 1. The molecular weight excluding hydrogens is 152 g/mol. The second kappa shape index (κ2) is 4.51. The fourth-order valence-electron chi connectivity index (χ4n) is 0.863. The van der Waals surface area contributed by atoms with Crippen molar-refractivity contribution < 1.29 is 5.11 Å². The molecule has 12 heavy (non-hydrogen) atoms. The maximum Gasteiger partial charge on any atom is 0.123 e. The van der Waals surface area contributed by atoms with Gasteiger partial charge in [-0.15, -0.1) is 0 Å². The topological polar surface area (TPSA) is 59.1 Å². The zero-order valence-electron chi connectivity index (χ0n) is 6.77. The Bertz CT molecular complexity index is 271. The smallest absolute Gasteiger partial charge is 0.123 e. The maximum absolute atomic E-state index is 8.51. The first-order valence-corrected chi connectivity index (χ1v) is 3.82. The van der Waals surface area contributed by atoms with Crippen LogP contribution < -0.4 is 5.73 Å². The highest BCUT2D eigenvalue weighted by molar-refractivity contribution is 5.52. The molecule has 0 bridgehead atoms. The molecular formula is C9H12N2O. The van der Waals surface area contributed by atoms with E-state index in [1.54, 1.807) is 12.3 Å². The summed E-state index contributed by atoms with van der Waals surface area (Å²) in [6.07, 6.45) is 6.14. The molecule has 0 fully saturated rings. The Labute approximate surface area is 71.6 Å². The highest BCUT2D eigenvalue weighted by atomic mass is 16.2. The lowest BCUT2D eigenvalue weighted by Crippen LogP contribution is -1.88. The van der Waals surface area contributed by atoms with Crippen LogP contribution >= 0.6 is 0 Å². The number of rotatable bonds is 3. The van der Waals surface area contributed by atoms with E-state index < -0.39 is 0 Å². The van der Waals surface area contributed by atoms with Crippen LogP contribution in [0.5, 0.6) is 0 Å². The van der Waals surface area contributed by atoms with E-state index in [9.17, 15) is 0 Å². The molecule has 1 aromatic heterocycles. The molecule has 3 nitrogen and oxygen atoms in total. The minimum Gasteiger partial charge on any atom is -0.396 e. The number of anilines is 1. The normalized spacial score (nSPS) is 10.8. The van der Waals surface area contributed by atoms with E-state index in [0.717, 1.165) is 5.56 Å². The van der Waals surface area contributed by atoms with E-state index in [1.165, 1.54) is 0 Å². The number of nitrogens with zero attached hydrogens (tertiary/aromatic N) is 1. The van der Waals surface area contributed by atoms with Crippen LogP contribution in [0.25, 0.3) is 6.08 Å². The third-order valence-electron chi connectivity index (χ3n) is 1.41. The fourth-order valence-corrected chi connectivity index (χ4v) is 0.863. The third-order valence-corrected chi connectivity index (χ3v) is 1.41. The summed E-state index contributed by atoms with van der Waals surface area (Å²) < 4.78 is 0. The molecule has 64 valence electrons. The summed E-state index contributed by atoms with van der Waals surface area (Å²) in [7, 11) is 0. The van der Waals surface area contributed by atoms with E-state index in [4.69, 9.17) is 10.8 Å². The van der Waals surface area contributed by atoms with Gasteiger partial charge in [0.2, 0.25) is 0 Å². The Morgan fingerprint density at radius 3 is 3.08 bits per heavy atom. The highest BCUT2D eigenvalue weighted by Gasteiger charge is 1.87. The van der Waals surface area contributed by atoms with Crippen molar-refractivity contribution in [3.8, 4) is 0 Å². The Kier molecular flexibility index (Phi) is 3.29. The van der Waals surface area contributed by atoms with Crippen molar-refractivity contribution in [1.82, 2.24) is 4.98 Å². The zero-order chi connectivity index (χ0) is 8.81. The largest absolute Gasteiger partial charge is 0.396 e. The summed E-state index contributed by atoms with van der Waals surface area (Å²) >= 11 is 0. The molecule has 0 aliphatic heterocycles. The van der Waals surface area contributed by atoms with Crippen molar-refractivity contribution in [1.29, 1.82) is 0 Å². The van der Waals surface area contributed by atoms with Crippen molar-refractivity contribution in [2.45, 2.75) is 6.42 Å². The molecule has 0 aromatic carbocycles. The molecule has 0 spiro atoms. The quantitative estimate of drug-likeness (QED) is 0.702. The van der Waals surface area contributed by atoms with E-state index in [1.807, 2.05) is 18.2 Å². The molecule has 1 heterocycles. The number of aromatic nitrogens is 1. The minimum atomic E-state index is 0.178. The van der Waals surface area contributed by atoms with Crippen molar-refractivity contribution >= 4 is 11.9 Å². The van der Waals surface area contributed by atoms with Gasteiger partial charge in [0.25, 0.3) is 0 Å². The number of hydrogen-bond donors (Lipinski definition) is 2. The number of nitrogens with two attached hydrogens (primary N) is 1. The monoisotopic (exact) mass is 164 g/mol. The van der Waals surface area contributed by atoms with Crippen molar-refractivity contribution in [2.75, 3.05) is 12.3 Å². The van der Waals surface area contributed by atoms with Crippen LogP contribution in [0, 0.1) is 0 Å². The highest BCUT2D eigenvalue weighted by Crippen LogP contribution is 2.05. The Balaban J connectivity index is 2.63. The van der Waals surface area contributed by atoms with Gasteiger partial charge in [-0.2, -0.15) is 0 Å². The molecule has 0 radical (unpaired) electrons. The van der Waals surface area contributed by atoms with Gasteiger partial charge in [-0.25, -0.2) is 4.98 Å². The minimum absolute atomic E-state index is 0.178. The van der Waals surface area contributed by atoms with Gasteiger partial charge < -0.3 is 10.8 Å². The van der Waals surface area contributed by atoms with E-state index >= 15 is 0 Å².